The zero-order valence-electron chi connectivity index (χ0n) is 17.1. The molecule has 5 rings (SSSR count). The second-order valence-corrected chi connectivity index (χ2v) is 8.10. The predicted octanol–water partition coefficient (Wildman–Crippen LogP) is 4.52. The van der Waals surface area contributed by atoms with Crippen molar-refractivity contribution in [3.05, 3.63) is 59.4 Å². The standard InChI is InChI=1S/C22H19F3N6O/c1-31-11-26-30-21(31)18(12-4-2-5-12)13-6-3-7-14(8-13)19-15-9-17(22(23,24)25)27-16(10-32)20(15)29-28-19/h3,6-12,18H,2,4-5H2,1H3,(H,28,29)/t18-/m1/s1. The highest BCUT2D eigenvalue weighted by Crippen LogP contribution is 2.43. The third-order valence-corrected chi connectivity index (χ3v) is 6.15. The fraction of sp³-hybridized carbons (Fsp3) is 0.318. The number of aryl methyl sites for hydroxylation is 1. The smallest absolute Gasteiger partial charge is 0.320 e. The van der Waals surface area contributed by atoms with E-state index in [9.17, 15) is 18.0 Å². The average Bonchev–Trinajstić information content (AvgIpc) is 3.35. The first kappa shape index (κ1) is 20.3. The lowest BCUT2D eigenvalue weighted by atomic mass is 9.72. The minimum atomic E-state index is -4.68. The number of carbonyl (C=O) groups is 1. The van der Waals surface area contributed by atoms with Crippen molar-refractivity contribution >= 4 is 17.2 Å². The monoisotopic (exact) mass is 440 g/mol. The van der Waals surface area contributed by atoms with E-state index in [1.54, 1.807) is 12.4 Å². The number of hydrogen-bond donors (Lipinski definition) is 1. The Bertz CT molecular complexity index is 1300. The van der Waals surface area contributed by atoms with Crippen LogP contribution in [0.2, 0.25) is 0 Å². The Labute approximate surface area is 180 Å². The summed E-state index contributed by atoms with van der Waals surface area (Å²) in [7, 11) is 1.90. The van der Waals surface area contributed by atoms with Crippen LogP contribution in [0, 0.1) is 5.92 Å². The number of fused-ring (bicyclic) bond motifs is 1. The minimum absolute atomic E-state index is 0.0272. The molecule has 1 fully saturated rings. The number of hydrogen-bond acceptors (Lipinski definition) is 5. The third kappa shape index (κ3) is 3.35. The SMILES string of the molecule is Cn1cnnc1[C@@H](c1cccc(-c2n[nH]c3c(C=O)nc(C(F)(F)F)cc23)c1)C1CCC1. The van der Waals surface area contributed by atoms with Crippen LogP contribution in [-0.2, 0) is 13.2 Å². The minimum Gasteiger partial charge on any atom is -0.320 e. The van der Waals surface area contributed by atoms with Crippen LogP contribution >= 0.6 is 0 Å². The summed E-state index contributed by atoms with van der Waals surface area (Å²) < 4.78 is 41.9. The number of alkyl halides is 3. The molecule has 0 amide bonds. The molecule has 0 spiro atoms. The van der Waals surface area contributed by atoms with Gasteiger partial charge >= 0.3 is 6.18 Å². The number of halogens is 3. The molecule has 0 radical (unpaired) electrons. The van der Waals surface area contributed by atoms with Gasteiger partial charge in [-0.15, -0.1) is 10.2 Å². The molecule has 1 aromatic carbocycles. The van der Waals surface area contributed by atoms with Crippen molar-refractivity contribution in [2.45, 2.75) is 31.4 Å². The molecule has 1 atom stereocenters. The average molecular weight is 440 g/mol. The highest BCUT2D eigenvalue weighted by molar-refractivity contribution is 6.00. The van der Waals surface area contributed by atoms with Crippen molar-refractivity contribution in [1.82, 2.24) is 29.9 Å². The molecular weight excluding hydrogens is 421 g/mol. The maximum Gasteiger partial charge on any atom is 0.433 e. The first-order valence-corrected chi connectivity index (χ1v) is 10.2. The van der Waals surface area contributed by atoms with E-state index in [0.29, 0.717) is 23.5 Å². The summed E-state index contributed by atoms with van der Waals surface area (Å²) in [5.74, 6) is 1.30. The number of pyridine rings is 1. The van der Waals surface area contributed by atoms with Crippen LogP contribution in [0.25, 0.3) is 22.2 Å². The van der Waals surface area contributed by atoms with Crippen molar-refractivity contribution in [3.63, 3.8) is 0 Å². The maximum absolute atomic E-state index is 13.3. The van der Waals surface area contributed by atoms with Crippen LogP contribution in [0.1, 0.15) is 52.8 Å². The Hall–Kier alpha value is -3.56. The fourth-order valence-corrected chi connectivity index (χ4v) is 4.35. The number of benzene rings is 1. The molecule has 1 saturated carbocycles. The van der Waals surface area contributed by atoms with E-state index < -0.39 is 11.9 Å². The molecule has 1 aliphatic carbocycles. The molecule has 0 unspecified atom stereocenters. The summed E-state index contributed by atoms with van der Waals surface area (Å²) in [5.41, 5.74) is 0.713. The summed E-state index contributed by atoms with van der Waals surface area (Å²) in [5, 5.41) is 15.5. The van der Waals surface area contributed by atoms with E-state index >= 15 is 0 Å². The Morgan fingerprint density at radius 2 is 2.06 bits per heavy atom. The van der Waals surface area contributed by atoms with Gasteiger partial charge in [-0.25, -0.2) is 4.98 Å². The lowest BCUT2D eigenvalue weighted by molar-refractivity contribution is -0.141. The van der Waals surface area contributed by atoms with Gasteiger partial charge in [-0.2, -0.15) is 18.3 Å². The maximum atomic E-state index is 13.3. The molecule has 3 aromatic heterocycles. The van der Waals surface area contributed by atoms with Crippen molar-refractivity contribution in [3.8, 4) is 11.3 Å². The Morgan fingerprint density at radius 1 is 1.25 bits per heavy atom. The number of rotatable bonds is 5. The zero-order valence-corrected chi connectivity index (χ0v) is 17.1. The van der Waals surface area contributed by atoms with Crippen LogP contribution in [0.4, 0.5) is 13.2 Å². The quantitative estimate of drug-likeness (QED) is 0.461. The van der Waals surface area contributed by atoms with Gasteiger partial charge in [-0.1, -0.05) is 24.6 Å². The Morgan fingerprint density at radius 3 is 2.69 bits per heavy atom. The van der Waals surface area contributed by atoms with Crippen molar-refractivity contribution < 1.29 is 18.0 Å². The van der Waals surface area contributed by atoms with Crippen molar-refractivity contribution in [2.24, 2.45) is 13.0 Å². The van der Waals surface area contributed by atoms with Crippen molar-refractivity contribution in [1.29, 1.82) is 0 Å². The van der Waals surface area contributed by atoms with Gasteiger partial charge in [0.1, 0.15) is 29.2 Å². The van der Waals surface area contributed by atoms with E-state index in [1.165, 1.54) is 0 Å². The molecule has 7 nitrogen and oxygen atoms in total. The molecule has 32 heavy (non-hydrogen) atoms. The number of carbonyl (C=O) groups excluding carboxylic acids is 1. The highest BCUT2D eigenvalue weighted by atomic mass is 19.4. The van der Waals surface area contributed by atoms with Crippen molar-refractivity contribution in [2.75, 3.05) is 0 Å². The van der Waals surface area contributed by atoms with Gasteiger partial charge in [0, 0.05) is 23.9 Å². The van der Waals surface area contributed by atoms with Gasteiger partial charge in [0.05, 0.1) is 5.52 Å². The summed E-state index contributed by atoms with van der Waals surface area (Å²) in [6.07, 6.45) is 0.607. The van der Waals surface area contributed by atoms with Gasteiger partial charge < -0.3 is 4.57 Å². The molecule has 0 saturated heterocycles. The predicted molar refractivity (Wildman–Crippen MR) is 110 cm³/mol. The summed E-state index contributed by atoms with van der Waals surface area (Å²) in [6, 6.07) is 8.51. The lowest BCUT2D eigenvalue weighted by Crippen LogP contribution is -2.24. The van der Waals surface area contributed by atoms with Crippen LogP contribution in [0.5, 0.6) is 0 Å². The van der Waals surface area contributed by atoms with E-state index in [-0.39, 0.29) is 22.5 Å². The molecule has 164 valence electrons. The normalized spacial score (nSPS) is 15.6. The second-order valence-electron chi connectivity index (χ2n) is 8.10. The Kier molecular flexibility index (Phi) is 4.79. The zero-order chi connectivity index (χ0) is 22.5. The highest BCUT2D eigenvalue weighted by Gasteiger charge is 2.35. The third-order valence-electron chi connectivity index (χ3n) is 6.15. The van der Waals surface area contributed by atoms with Crippen LogP contribution < -0.4 is 0 Å². The molecule has 3 heterocycles. The van der Waals surface area contributed by atoms with E-state index in [4.69, 9.17) is 0 Å². The lowest BCUT2D eigenvalue weighted by Gasteiger charge is -2.33. The van der Waals surface area contributed by atoms with Gasteiger partial charge in [0.2, 0.25) is 0 Å². The largest absolute Gasteiger partial charge is 0.433 e. The van der Waals surface area contributed by atoms with Crippen LogP contribution in [0.3, 0.4) is 0 Å². The summed E-state index contributed by atoms with van der Waals surface area (Å²) in [4.78, 5) is 14.8. The van der Waals surface area contributed by atoms with Gasteiger partial charge in [-0.3, -0.25) is 9.89 Å². The number of H-pyrrole nitrogens is 1. The van der Waals surface area contributed by atoms with Gasteiger partial charge in [0.25, 0.3) is 0 Å². The number of aromatic nitrogens is 6. The first-order valence-electron chi connectivity index (χ1n) is 10.2. The fourth-order valence-electron chi connectivity index (χ4n) is 4.35. The summed E-state index contributed by atoms with van der Waals surface area (Å²) in [6.45, 7) is 0. The molecule has 0 aliphatic heterocycles. The molecule has 10 heteroatoms. The molecule has 1 N–H and O–H groups in total. The first-order chi connectivity index (χ1) is 15.4. The number of nitrogens with one attached hydrogen (secondary N) is 1. The van der Waals surface area contributed by atoms with E-state index in [0.717, 1.165) is 36.7 Å². The molecule has 4 aromatic rings. The van der Waals surface area contributed by atoms with Crippen LogP contribution in [-0.4, -0.2) is 36.2 Å². The van der Waals surface area contributed by atoms with E-state index in [2.05, 4.69) is 25.4 Å². The molecular formula is C22H19F3N6O. The molecule has 0 bridgehead atoms. The van der Waals surface area contributed by atoms with Crippen LogP contribution in [0.15, 0.2) is 36.7 Å². The topological polar surface area (TPSA) is 89.4 Å². The van der Waals surface area contributed by atoms with E-state index in [1.807, 2.05) is 29.8 Å². The second kappa shape index (κ2) is 7.54. The Balaban J connectivity index is 1.64. The van der Waals surface area contributed by atoms with Gasteiger partial charge in [-0.05, 0) is 36.5 Å². The number of aldehydes is 1. The molecule has 1 aliphatic rings. The number of nitrogens with zero attached hydrogens (tertiary/aromatic N) is 5. The van der Waals surface area contributed by atoms with Gasteiger partial charge in [0.15, 0.2) is 6.29 Å². The number of aromatic amines is 1. The summed E-state index contributed by atoms with van der Waals surface area (Å²) >= 11 is 0.